The molecule has 1 aliphatic heterocycles. The number of ether oxygens (including phenoxy) is 2. The molecule has 1 unspecified atom stereocenters. The normalized spacial score (nSPS) is 18.1. The fourth-order valence-electron chi connectivity index (χ4n) is 1.82. The Morgan fingerprint density at radius 2 is 2.33 bits per heavy atom. The molecule has 2 N–H and O–H groups in total. The minimum absolute atomic E-state index is 0.0631. The topological polar surface area (TPSA) is 61.5 Å². The first-order valence-corrected chi connectivity index (χ1v) is 4.79. The number of rotatable bonds is 1. The van der Waals surface area contributed by atoms with Crippen LogP contribution in [0.25, 0.3) is 0 Å². The minimum atomic E-state index is -0.344. The zero-order chi connectivity index (χ0) is 11.0. The van der Waals surface area contributed by atoms with Gasteiger partial charge < -0.3 is 15.2 Å². The molecule has 0 amide bonds. The minimum Gasteiger partial charge on any atom is -0.488 e. The van der Waals surface area contributed by atoms with E-state index in [2.05, 4.69) is 0 Å². The van der Waals surface area contributed by atoms with Gasteiger partial charge in [-0.3, -0.25) is 0 Å². The van der Waals surface area contributed by atoms with E-state index < -0.39 is 0 Å². The van der Waals surface area contributed by atoms with E-state index in [4.69, 9.17) is 15.2 Å². The first-order valence-electron chi connectivity index (χ1n) is 4.79. The van der Waals surface area contributed by atoms with Gasteiger partial charge in [-0.1, -0.05) is 0 Å². The Labute approximate surface area is 88.0 Å². The Bertz CT molecular complexity index is 415. The van der Waals surface area contributed by atoms with Crippen LogP contribution in [0, 0.1) is 0 Å². The monoisotopic (exact) mass is 207 g/mol. The number of hydrogen-bond donors (Lipinski definition) is 1. The van der Waals surface area contributed by atoms with Crippen LogP contribution in [0.5, 0.6) is 5.75 Å². The zero-order valence-electron chi connectivity index (χ0n) is 8.74. The summed E-state index contributed by atoms with van der Waals surface area (Å²) in [6.07, 6.45) is 0.762. The summed E-state index contributed by atoms with van der Waals surface area (Å²) < 4.78 is 10.2. The lowest BCUT2D eigenvalue weighted by atomic mass is 10.0. The van der Waals surface area contributed by atoms with Gasteiger partial charge in [0.05, 0.1) is 18.4 Å². The molecule has 4 heteroatoms. The summed E-state index contributed by atoms with van der Waals surface area (Å²) in [4.78, 5) is 11.5. The van der Waals surface area contributed by atoms with Crippen molar-refractivity contribution in [1.29, 1.82) is 0 Å². The summed E-state index contributed by atoms with van der Waals surface area (Å²) in [5, 5.41) is 0. The van der Waals surface area contributed by atoms with E-state index in [1.165, 1.54) is 7.11 Å². The van der Waals surface area contributed by atoms with Crippen LogP contribution in [0.15, 0.2) is 12.1 Å². The van der Waals surface area contributed by atoms with Crippen LogP contribution in [0.2, 0.25) is 0 Å². The molecule has 1 aliphatic rings. The second-order valence-electron chi connectivity index (χ2n) is 3.63. The summed E-state index contributed by atoms with van der Waals surface area (Å²) in [6.45, 7) is 1.94. The molecule has 0 aliphatic carbocycles. The fourth-order valence-corrected chi connectivity index (χ4v) is 1.82. The largest absolute Gasteiger partial charge is 0.488 e. The molecule has 1 aromatic carbocycles. The Kier molecular flexibility index (Phi) is 2.26. The molecule has 0 saturated carbocycles. The van der Waals surface area contributed by atoms with Crippen LogP contribution in [-0.4, -0.2) is 19.2 Å². The van der Waals surface area contributed by atoms with Gasteiger partial charge in [-0.05, 0) is 19.1 Å². The van der Waals surface area contributed by atoms with Gasteiger partial charge in [0.2, 0.25) is 0 Å². The number of fused-ring (bicyclic) bond motifs is 1. The average Bonchev–Trinajstić information content (AvgIpc) is 2.60. The van der Waals surface area contributed by atoms with E-state index >= 15 is 0 Å². The zero-order valence-corrected chi connectivity index (χ0v) is 8.74. The van der Waals surface area contributed by atoms with Crippen molar-refractivity contribution in [2.24, 2.45) is 0 Å². The summed E-state index contributed by atoms with van der Waals surface area (Å²) in [7, 11) is 1.37. The highest BCUT2D eigenvalue weighted by molar-refractivity contribution is 5.93. The number of anilines is 1. The fraction of sp³-hybridized carbons (Fsp3) is 0.364. The molecule has 0 radical (unpaired) electrons. The second-order valence-corrected chi connectivity index (χ2v) is 3.63. The molecular weight excluding hydrogens is 194 g/mol. The Balaban J connectivity index is 2.52. The highest BCUT2D eigenvalue weighted by Crippen LogP contribution is 2.36. The Morgan fingerprint density at radius 1 is 1.60 bits per heavy atom. The number of esters is 1. The predicted molar refractivity (Wildman–Crippen MR) is 56.0 cm³/mol. The molecule has 0 spiro atoms. The molecule has 1 atom stereocenters. The van der Waals surface area contributed by atoms with Gasteiger partial charge in [0.15, 0.2) is 0 Å². The standard InChI is InChI=1S/C11H13NO3/c1-6-5-8-7(11(13)14-2)3-4-9(12)10(8)15-6/h3-4,6H,5,12H2,1-2H3. The van der Waals surface area contributed by atoms with Crippen molar-refractivity contribution in [2.45, 2.75) is 19.4 Å². The van der Waals surface area contributed by atoms with Crippen molar-refractivity contribution in [3.8, 4) is 5.75 Å². The van der Waals surface area contributed by atoms with E-state index in [0.717, 1.165) is 5.56 Å². The van der Waals surface area contributed by atoms with Gasteiger partial charge in [0.1, 0.15) is 11.9 Å². The third-order valence-corrected chi connectivity index (χ3v) is 2.51. The SMILES string of the molecule is COC(=O)c1ccc(N)c2c1CC(C)O2. The van der Waals surface area contributed by atoms with E-state index in [1.807, 2.05) is 6.92 Å². The molecule has 15 heavy (non-hydrogen) atoms. The lowest BCUT2D eigenvalue weighted by molar-refractivity contribution is 0.0599. The first-order chi connectivity index (χ1) is 7.13. The van der Waals surface area contributed by atoms with E-state index in [1.54, 1.807) is 12.1 Å². The number of hydrogen-bond acceptors (Lipinski definition) is 4. The first kappa shape index (κ1) is 9.83. The summed E-state index contributed by atoms with van der Waals surface area (Å²) in [6, 6.07) is 3.35. The van der Waals surface area contributed by atoms with Crippen molar-refractivity contribution in [1.82, 2.24) is 0 Å². The number of methoxy groups -OCH3 is 1. The molecule has 0 saturated heterocycles. The van der Waals surface area contributed by atoms with Gasteiger partial charge in [0, 0.05) is 12.0 Å². The number of nitrogen functional groups attached to an aromatic ring is 1. The quantitative estimate of drug-likeness (QED) is 0.558. The van der Waals surface area contributed by atoms with Crippen LogP contribution in [0.3, 0.4) is 0 Å². The Hall–Kier alpha value is -1.71. The smallest absolute Gasteiger partial charge is 0.338 e. The summed E-state index contributed by atoms with van der Waals surface area (Å²) in [5.74, 6) is 0.286. The molecule has 4 nitrogen and oxygen atoms in total. The van der Waals surface area contributed by atoms with Crippen molar-refractivity contribution in [3.63, 3.8) is 0 Å². The van der Waals surface area contributed by atoms with Gasteiger partial charge >= 0.3 is 5.97 Å². The van der Waals surface area contributed by atoms with E-state index in [-0.39, 0.29) is 12.1 Å². The molecule has 0 bridgehead atoms. The van der Waals surface area contributed by atoms with Crippen molar-refractivity contribution in [2.75, 3.05) is 12.8 Å². The Morgan fingerprint density at radius 3 is 3.00 bits per heavy atom. The van der Waals surface area contributed by atoms with Gasteiger partial charge in [-0.15, -0.1) is 0 Å². The molecule has 0 fully saturated rings. The van der Waals surface area contributed by atoms with Crippen LogP contribution in [0.1, 0.15) is 22.8 Å². The van der Waals surface area contributed by atoms with E-state index in [0.29, 0.717) is 23.4 Å². The van der Waals surface area contributed by atoms with Gasteiger partial charge in [-0.25, -0.2) is 4.79 Å². The van der Waals surface area contributed by atoms with Crippen LogP contribution >= 0.6 is 0 Å². The van der Waals surface area contributed by atoms with Crippen molar-refractivity contribution in [3.05, 3.63) is 23.3 Å². The highest BCUT2D eigenvalue weighted by atomic mass is 16.5. The maximum atomic E-state index is 11.5. The highest BCUT2D eigenvalue weighted by Gasteiger charge is 2.27. The predicted octanol–water partition coefficient (Wildman–Crippen LogP) is 1.38. The van der Waals surface area contributed by atoms with Crippen LogP contribution < -0.4 is 10.5 Å². The van der Waals surface area contributed by atoms with Crippen molar-refractivity contribution < 1.29 is 14.3 Å². The molecule has 1 aromatic rings. The summed E-state index contributed by atoms with van der Waals surface area (Å²) in [5.41, 5.74) is 7.74. The maximum absolute atomic E-state index is 11.5. The molecular formula is C11H13NO3. The van der Waals surface area contributed by atoms with Crippen LogP contribution in [0.4, 0.5) is 5.69 Å². The van der Waals surface area contributed by atoms with E-state index in [9.17, 15) is 4.79 Å². The average molecular weight is 207 g/mol. The lowest BCUT2D eigenvalue weighted by Crippen LogP contribution is -2.07. The second kappa shape index (κ2) is 3.46. The van der Waals surface area contributed by atoms with Crippen LogP contribution in [-0.2, 0) is 11.2 Å². The van der Waals surface area contributed by atoms with Gasteiger partial charge in [0.25, 0.3) is 0 Å². The molecule has 2 rings (SSSR count). The lowest BCUT2D eigenvalue weighted by Gasteiger charge is -2.07. The number of carbonyl (C=O) groups excluding carboxylic acids is 1. The van der Waals surface area contributed by atoms with Crippen molar-refractivity contribution >= 4 is 11.7 Å². The summed E-state index contributed by atoms with van der Waals surface area (Å²) >= 11 is 0. The molecule has 1 heterocycles. The molecule has 80 valence electrons. The third kappa shape index (κ3) is 1.52. The van der Waals surface area contributed by atoms with Gasteiger partial charge in [-0.2, -0.15) is 0 Å². The number of benzene rings is 1. The third-order valence-electron chi connectivity index (χ3n) is 2.51. The molecule has 0 aromatic heterocycles. The number of nitrogens with two attached hydrogens (primary N) is 1. The number of carbonyl (C=O) groups is 1. The maximum Gasteiger partial charge on any atom is 0.338 e.